The summed E-state index contributed by atoms with van der Waals surface area (Å²) in [5, 5.41) is 3.18. The monoisotopic (exact) mass is 251 g/mol. The fraction of sp³-hybridized carbons (Fsp3) is 0.231. The number of halogens is 1. The Morgan fingerprint density at radius 1 is 1.12 bits per heavy atom. The first-order chi connectivity index (χ1) is 8.28. The number of anilines is 1. The zero-order valence-electron chi connectivity index (χ0n) is 9.57. The molecule has 90 valence electrons. The molecule has 4 heteroatoms. The summed E-state index contributed by atoms with van der Waals surface area (Å²) in [6.45, 7) is 0.611. The SMILES string of the molecule is CSCc1ccc(CNc2ccc(F)cc2)o1. The molecule has 0 unspecified atom stereocenters. The van der Waals surface area contributed by atoms with Crippen molar-refractivity contribution in [3.05, 3.63) is 53.7 Å². The Morgan fingerprint density at radius 3 is 2.53 bits per heavy atom. The van der Waals surface area contributed by atoms with Gasteiger partial charge in [-0.1, -0.05) is 0 Å². The molecule has 0 radical (unpaired) electrons. The van der Waals surface area contributed by atoms with Gasteiger partial charge in [-0.3, -0.25) is 0 Å². The normalized spacial score (nSPS) is 10.5. The van der Waals surface area contributed by atoms with E-state index < -0.39 is 0 Å². The smallest absolute Gasteiger partial charge is 0.123 e. The molecule has 1 aromatic heterocycles. The van der Waals surface area contributed by atoms with Crippen molar-refractivity contribution in [1.29, 1.82) is 0 Å². The molecule has 0 fully saturated rings. The van der Waals surface area contributed by atoms with Crippen molar-refractivity contribution in [2.45, 2.75) is 12.3 Å². The molecule has 0 spiro atoms. The molecule has 2 rings (SSSR count). The minimum atomic E-state index is -0.226. The summed E-state index contributed by atoms with van der Waals surface area (Å²) in [7, 11) is 0. The van der Waals surface area contributed by atoms with Gasteiger partial charge in [0.05, 0.1) is 12.3 Å². The van der Waals surface area contributed by atoms with Crippen molar-refractivity contribution in [3.8, 4) is 0 Å². The summed E-state index contributed by atoms with van der Waals surface area (Å²) < 4.78 is 18.3. The predicted octanol–water partition coefficient (Wildman–Crippen LogP) is 3.89. The van der Waals surface area contributed by atoms with Crippen molar-refractivity contribution in [2.75, 3.05) is 11.6 Å². The summed E-state index contributed by atoms with van der Waals surface area (Å²) in [6.07, 6.45) is 2.04. The lowest BCUT2D eigenvalue weighted by molar-refractivity contribution is 0.487. The van der Waals surface area contributed by atoms with Crippen LogP contribution >= 0.6 is 11.8 Å². The topological polar surface area (TPSA) is 25.2 Å². The molecule has 0 saturated heterocycles. The van der Waals surface area contributed by atoms with Crippen LogP contribution in [0.3, 0.4) is 0 Å². The van der Waals surface area contributed by atoms with E-state index in [2.05, 4.69) is 5.32 Å². The van der Waals surface area contributed by atoms with Gasteiger partial charge >= 0.3 is 0 Å². The van der Waals surface area contributed by atoms with Gasteiger partial charge in [-0.2, -0.15) is 11.8 Å². The van der Waals surface area contributed by atoms with E-state index in [0.29, 0.717) is 6.54 Å². The third kappa shape index (κ3) is 3.53. The van der Waals surface area contributed by atoms with Crippen molar-refractivity contribution in [1.82, 2.24) is 0 Å². The lowest BCUT2D eigenvalue weighted by Gasteiger charge is -2.03. The average molecular weight is 251 g/mol. The minimum Gasteiger partial charge on any atom is -0.463 e. The maximum Gasteiger partial charge on any atom is 0.123 e. The number of thioether (sulfide) groups is 1. The minimum absolute atomic E-state index is 0.226. The van der Waals surface area contributed by atoms with Gasteiger partial charge in [-0.15, -0.1) is 0 Å². The standard InChI is InChI=1S/C13H14FNOS/c1-17-9-13-7-6-12(16-13)8-15-11-4-2-10(14)3-5-11/h2-7,15H,8-9H2,1H3. The molecule has 17 heavy (non-hydrogen) atoms. The molecule has 1 aromatic carbocycles. The van der Waals surface area contributed by atoms with Crippen LogP contribution in [-0.4, -0.2) is 6.26 Å². The lowest BCUT2D eigenvalue weighted by atomic mass is 10.3. The van der Waals surface area contributed by atoms with Crippen LogP contribution in [-0.2, 0) is 12.3 Å². The van der Waals surface area contributed by atoms with Gasteiger partial charge < -0.3 is 9.73 Å². The van der Waals surface area contributed by atoms with Crippen molar-refractivity contribution < 1.29 is 8.81 Å². The first-order valence-electron chi connectivity index (χ1n) is 5.34. The second-order valence-electron chi connectivity index (χ2n) is 3.66. The first-order valence-corrected chi connectivity index (χ1v) is 6.73. The second-order valence-corrected chi connectivity index (χ2v) is 4.53. The zero-order valence-corrected chi connectivity index (χ0v) is 10.4. The summed E-state index contributed by atoms with van der Waals surface area (Å²) in [5.74, 6) is 2.53. The molecule has 0 aliphatic carbocycles. The second kappa shape index (κ2) is 5.77. The van der Waals surface area contributed by atoms with Crippen LogP contribution in [0.15, 0.2) is 40.8 Å². The first kappa shape index (κ1) is 12.0. The van der Waals surface area contributed by atoms with Gasteiger partial charge in [-0.25, -0.2) is 4.39 Å². The summed E-state index contributed by atoms with van der Waals surface area (Å²) in [5.41, 5.74) is 0.884. The van der Waals surface area contributed by atoms with Gasteiger partial charge in [-0.05, 0) is 42.7 Å². The van der Waals surface area contributed by atoms with E-state index in [1.54, 1.807) is 23.9 Å². The fourth-order valence-electron chi connectivity index (χ4n) is 1.49. The molecular formula is C13H14FNOS. The van der Waals surface area contributed by atoms with E-state index in [9.17, 15) is 4.39 Å². The van der Waals surface area contributed by atoms with E-state index in [1.165, 1.54) is 12.1 Å². The number of hydrogen-bond donors (Lipinski definition) is 1. The van der Waals surface area contributed by atoms with Gasteiger partial charge in [0.2, 0.25) is 0 Å². The van der Waals surface area contributed by atoms with Crippen LogP contribution in [0.2, 0.25) is 0 Å². The molecule has 0 amide bonds. The molecule has 0 saturated carbocycles. The van der Waals surface area contributed by atoms with Crippen LogP contribution in [0.5, 0.6) is 0 Å². The summed E-state index contributed by atoms with van der Waals surface area (Å²) >= 11 is 1.73. The summed E-state index contributed by atoms with van der Waals surface area (Å²) in [6, 6.07) is 10.2. The fourth-order valence-corrected chi connectivity index (χ4v) is 1.93. The largest absolute Gasteiger partial charge is 0.463 e. The quantitative estimate of drug-likeness (QED) is 0.872. The van der Waals surface area contributed by atoms with Crippen LogP contribution in [0.1, 0.15) is 11.5 Å². The van der Waals surface area contributed by atoms with Crippen molar-refractivity contribution in [2.24, 2.45) is 0 Å². The van der Waals surface area contributed by atoms with Crippen molar-refractivity contribution >= 4 is 17.4 Å². The Morgan fingerprint density at radius 2 is 1.82 bits per heavy atom. The summed E-state index contributed by atoms with van der Waals surface area (Å²) in [4.78, 5) is 0. The molecule has 1 heterocycles. The van der Waals surface area contributed by atoms with E-state index >= 15 is 0 Å². The van der Waals surface area contributed by atoms with Gasteiger partial charge in [0, 0.05) is 5.69 Å². The Labute approximate surface area is 104 Å². The van der Waals surface area contributed by atoms with Crippen LogP contribution < -0.4 is 5.32 Å². The Balaban J connectivity index is 1.90. The Bertz CT molecular complexity index is 467. The van der Waals surface area contributed by atoms with Gasteiger partial charge in [0.15, 0.2) is 0 Å². The number of rotatable bonds is 5. The predicted molar refractivity (Wildman–Crippen MR) is 69.7 cm³/mol. The molecule has 0 aliphatic heterocycles. The molecule has 1 N–H and O–H groups in total. The molecule has 2 aromatic rings. The Hall–Kier alpha value is -1.42. The third-order valence-electron chi connectivity index (χ3n) is 2.31. The highest BCUT2D eigenvalue weighted by Crippen LogP contribution is 2.15. The molecule has 0 atom stereocenters. The maximum absolute atomic E-state index is 12.7. The zero-order chi connectivity index (χ0) is 12.1. The highest BCUT2D eigenvalue weighted by Gasteiger charge is 2.01. The van der Waals surface area contributed by atoms with E-state index in [-0.39, 0.29) is 5.82 Å². The van der Waals surface area contributed by atoms with Crippen LogP contribution in [0, 0.1) is 5.82 Å². The maximum atomic E-state index is 12.7. The number of nitrogens with one attached hydrogen (secondary N) is 1. The molecule has 0 aliphatic rings. The number of furan rings is 1. The van der Waals surface area contributed by atoms with Gasteiger partial charge in [0.1, 0.15) is 17.3 Å². The van der Waals surface area contributed by atoms with Crippen molar-refractivity contribution in [3.63, 3.8) is 0 Å². The lowest BCUT2D eigenvalue weighted by Crippen LogP contribution is -1.97. The molecule has 2 nitrogen and oxygen atoms in total. The van der Waals surface area contributed by atoms with Crippen LogP contribution in [0.4, 0.5) is 10.1 Å². The van der Waals surface area contributed by atoms with E-state index in [1.807, 2.05) is 18.4 Å². The number of hydrogen-bond acceptors (Lipinski definition) is 3. The third-order valence-corrected chi connectivity index (χ3v) is 2.89. The van der Waals surface area contributed by atoms with Crippen LogP contribution in [0.25, 0.3) is 0 Å². The molecule has 0 bridgehead atoms. The highest BCUT2D eigenvalue weighted by atomic mass is 32.2. The van der Waals surface area contributed by atoms with Gasteiger partial charge in [0.25, 0.3) is 0 Å². The highest BCUT2D eigenvalue weighted by molar-refractivity contribution is 7.97. The molecular weight excluding hydrogens is 237 g/mol. The number of benzene rings is 1. The van der Waals surface area contributed by atoms with E-state index in [0.717, 1.165) is 23.0 Å². The average Bonchev–Trinajstić information content (AvgIpc) is 2.77. The Kier molecular flexibility index (Phi) is 4.09. The van der Waals surface area contributed by atoms with E-state index in [4.69, 9.17) is 4.42 Å².